The van der Waals surface area contributed by atoms with Gasteiger partial charge in [0.25, 0.3) is 0 Å². The van der Waals surface area contributed by atoms with Gasteiger partial charge in [-0.1, -0.05) is 57.1 Å². The van der Waals surface area contributed by atoms with Gasteiger partial charge in [-0.15, -0.1) is 5.54 Å². The molecule has 3 aromatic rings. The molecule has 1 fully saturated rings. The molecule has 5 rings (SSSR count). The van der Waals surface area contributed by atoms with Crippen molar-refractivity contribution in [2.24, 2.45) is 0 Å². The minimum absolute atomic E-state index is 0.0448. The Labute approximate surface area is 208 Å². The maximum Gasteiger partial charge on any atom is 0.195 e. The number of rotatable bonds is 1. The van der Waals surface area contributed by atoms with E-state index in [2.05, 4.69) is 78.9 Å². The minimum Gasteiger partial charge on any atom is -0.368 e. The van der Waals surface area contributed by atoms with Gasteiger partial charge in [0.05, 0.1) is 16.3 Å². The lowest BCUT2D eigenvalue weighted by Gasteiger charge is -2.37. The number of aromatic amines is 1. The first-order valence-electron chi connectivity index (χ1n) is 12.0. The van der Waals surface area contributed by atoms with E-state index in [1.807, 2.05) is 18.2 Å². The van der Waals surface area contributed by atoms with Gasteiger partial charge < -0.3 is 14.8 Å². The molecule has 0 bridgehead atoms. The average molecular weight is 490 g/mol. The molecule has 6 heteroatoms. The molecule has 4 nitrogen and oxygen atoms in total. The van der Waals surface area contributed by atoms with Crippen molar-refractivity contribution in [3.63, 3.8) is 0 Å². The Hall–Kier alpha value is -2.52. The Morgan fingerprint density at radius 2 is 1.76 bits per heavy atom. The predicted octanol–water partition coefficient (Wildman–Crippen LogP) is 5.67. The second-order valence-corrected chi connectivity index (χ2v) is 16.4. The molecule has 2 aromatic carbocycles. The summed E-state index contributed by atoms with van der Waals surface area (Å²) in [5, 5.41) is 1.61. The van der Waals surface area contributed by atoms with Crippen molar-refractivity contribution >= 4 is 42.0 Å². The standard InChI is InChI=1S/C28H32ClN3OSi/c1-28(2)21-17-24(32-12-10-31(3)11-13-32)22(29)16-20(21)26(33)25-19-8-7-18(9-14-34(4,5)6)15-23(19)30-27(25)28/h7-8,15-17,30H,10-13H2,1-6H3. The number of fused-ring (bicyclic) bond motifs is 4. The van der Waals surface area contributed by atoms with Crippen LogP contribution in [0.5, 0.6) is 0 Å². The Morgan fingerprint density at radius 1 is 1.06 bits per heavy atom. The number of hydrogen-bond donors (Lipinski definition) is 1. The van der Waals surface area contributed by atoms with Crippen LogP contribution in [0, 0.1) is 11.5 Å². The van der Waals surface area contributed by atoms with Crippen LogP contribution in [0.15, 0.2) is 30.3 Å². The number of benzene rings is 2. The fraction of sp³-hybridized carbons (Fsp3) is 0.393. The molecule has 0 radical (unpaired) electrons. The number of ketones is 1. The summed E-state index contributed by atoms with van der Waals surface area (Å²) in [5.41, 5.74) is 9.54. The van der Waals surface area contributed by atoms with Gasteiger partial charge in [-0.2, -0.15) is 0 Å². The molecule has 0 amide bonds. The number of anilines is 1. The van der Waals surface area contributed by atoms with E-state index in [9.17, 15) is 4.79 Å². The Kier molecular flexibility index (Phi) is 5.48. The summed E-state index contributed by atoms with van der Waals surface area (Å²) in [5.74, 6) is 3.39. The Balaban J connectivity index is 1.62. The molecule has 2 heterocycles. The zero-order valence-corrected chi connectivity index (χ0v) is 22.7. The van der Waals surface area contributed by atoms with Gasteiger partial charge in [-0.05, 0) is 36.9 Å². The quantitative estimate of drug-likeness (QED) is 0.353. The van der Waals surface area contributed by atoms with Crippen LogP contribution in [0.2, 0.25) is 24.7 Å². The highest BCUT2D eigenvalue weighted by atomic mass is 35.5. The Morgan fingerprint density at radius 3 is 2.44 bits per heavy atom. The zero-order valence-electron chi connectivity index (χ0n) is 20.9. The third-order valence-electron chi connectivity index (χ3n) is 7.08. The van der Waals surface area contributed by atoms with E-state index in [4.69, 9.17) is 11.6 Å². The van der Waals surface area contributed by atoms with Gasteiger partial charge in [-0.3, -0.25) is 4.79 Å². The maximum absolute atomic E-state index is 13.8. The highest BCUT2D eigenvalue weighted by Crippen LogP contribution is 2.46. The van der Waals surface area contributed by atoms with Crippen molar-refractivity contribution < 1.29 is 4.79 Å². The predicted molar refractivity (Wildman–Crippen MR) is 145 cm³/mol. The van der Waals surface area contributed by atoms with Crippen LogP contribution < -0.4 is 4.90 Å². The van der Waals surface area contributed by atoms with E-state index in [1.54, 1.807) is 0 Å². The number of H-pyrrole nitrogens is 1. The molecule has 1 aliphatic carbocycles. The second kappa shape index (κ2) is 8.02. The second-order valence-electron chi connectivity index (χ2n) is 11.2. The molecule has 1 saturated heterocycles. The van der Waals surface area contributed by atoms with E-state index in [-0.39, 0.29) is 11.2 Å². The van der Waals surface area contributed by atoms with Crippen LogP contribution in [-0.4, -0.2) is 57.0 Å². The number of likely N-dealkylation sites (N-methyl/N-ethyl adjacent to an activating group) is 1. The van der Waals surface area contributed by atoms with Gasteiger partial charge in [-0.25, -0.2) is 0 Å². The number of halogens is 1. The monoisotopic (exact) mass is 489 g/mol. The first-order valence-corrected chi connectivity index (χ1v) is 15.8. The summed E-state index contributed by atoms with van der Waals surface area (Å²) in [6, 6.07) is 10.2. The van der Waals surface area contributed by atoms with Crippen LogP contribution >= 0.6 is 11.6 Å². The van der Waals surface area contributed by atoms with Crippen LogP contribution in [-0.2, 0) is 5.41 Å². The summed E-state index contributed by atoms with van der Waals surface area (Å²) in [7, 11) is 0.678. The molecule has 1 aliphatic heterocycles. The van der Waals surface area contributed by atoms with E-state index in [0.717, 1.165) is 65.2 Å². The highest BCUT2D eigenvalue weighted by molar-refractivity contribution is 6.83. The van der Waals surface area contributed by atoms with Crippen molar-refractivity contribution in [1.29, 1.82) is 0 Å². The number of piperazine rings is 1. The van der Waals surface area contributed by atoms with Crippen molar-refractivity contribution in [2.75, 3.05) is 38.1 Å². The zero-order chi connectivity index (χ0) is 24.4. The fourth-order valence-electron chi connectivity index (χ4n) is 5.07. The van der Waals surface area contributed by atoms with Gasteiger partial charge in [0.2, 0.25) is 0 Å². The first kappa shape index (κ1) is 23.2. The van der Waals surface area contributed by atoms with Crippen LogP contribution in [0.4, 0.5) is 5.69 Å². The third-order valence-corrected chi connectivity index (χ3v) is 8.26. The average Bonchev–Trinajstić information content (AvgIpc) is 3.16. The summed E-state index contributed by atoms with van der Waals surface area (Å²) in [6.45, 7) is 15.0. The van der Waals surface area contributed by atoms with Crippen molar-refractivity contribution in [3.8, 4) is 11.5 Å². The smallest absolute Gasteiger partial charge is 0.195 e. The van der Waals surface area contributed by atoms with Crippen LogP contribution in [0.1, 0.15) is 46.6 Å². The number of carbonyl (C=O) groups is 1. The largest absolute Gasteiger partial charge is 0.368 e. The summed E-state index contributed by atoms with van der Waals surface area (Å²) >= 11 is 6.77. The number of aromatic nitrogens is 1. The fourth-order valence-corrected chi connectivity index (χ4v) is 5.87. The van der Waals surface area contributed by atoms with Crippen LogP contribution in [0.25, 0.3) is 10.9 Å². The minimum atomic E-state index is -1.47. The van der Waals surface area contributed by atoms with Gasteiger partial charge in [0.1, 0.15) is 8.07 Å². The van der Waals surface area contributed by atoms with Crippen LogP contribution in [0.3, 0.4) is 0 Å². The van der Waals surface area contributed by atoms with Crippen molar-refractivity contribution in [2.45, 2.75) is 38.9 Å². The number of nitrogens with zero attached hydrogens (tertiary/aromatic N) is 2. The van der Waals surface area contributed by atoms with E-state index in [0.29, 0.717) is 10.6 Å². The molecule has 1 N–H and O–H groups in total. The lowest BCUT2D eigenvalue weighted by Crippen LogP contribution is -2.44. The molecule has 0 spiro atoms. The Bertz CT molecular complexity index is 1380. The summed E-state index contributed by atoms with van der Waals surface area (Å²) in [6.07, 6.45) is 0. The van der Waals surface area contributed by atoms with E-state index >= 15 is 0 Å². The third kappa shape index (κ3) is 3.88. The van der Waals surface area contributed by atoms with E-state index < -0.39 is 8.07 Å². The molecule has 1 aromatic heterocycles. The summed E-state index contributed by atoms with van der Waals surface area (Å²) < 4.78 is 0. The highest BCUT2D eigenvalue weighted by Gasteiger charge is 2.40. The number of nitrogens with one attached hydrogen (secondary N) is 1. The molecular weight excluding hydrogens is 458 g/mol. The topological polar surface area (TPSA) is 39.3 Å². The summed E-state index contributed by atoms with van der Waals surface area (Å²) in [4.78, 5) is 22.0. The molecule has 2 aliphatic rings. The molecule has 34 heavy (non-hydrogen) atoms. The van der Waals surface area contributed by atoms with Crippen molar-refractivity contribution in [1.82, 2.24) is 9.88 Å². The van der Waals surface area contributed by atoms with E-state index in [1.165, 1.54) is 0 Å². The van der Waals surface area contributed by atoms with Gasteiger partial charge in [0.15, 0.2) is 5.78 Å². The maximum atomic E-state index is 13.8. The SMILES string of the molecule is CN1CCN(c2cc3c(cc2Cl)C(=O)c2c([nH]c4cc(C#C[Si](C)(C)C)ccc24)C3(C)C)CC1. The molecule has 0 unspecified atom stereocenters. The molecule has 0 atom stereocenters. The lowest BCUT2D eigenvalue weighted by molar-refractivity contribution is 0.103. The lowest BCUT2D eigenvalue weighted by atomic mass is 9.71. The number of carbonyl (C=O) groups excluding carboxylic acids is 1. The molecule has 0 saturated carbocycles. The van der Waals surface area contributed by atoms with Crippen molar-refractivity contribution in [3.05, 3.63) is 63.3 Å². The number of hydrogen-bond acceptors (Lipinski definition) is 3. The van der Waals surface area contributed by atoms with Gasteiger partial charge in [0, 0.05) is 59.3 Å². The first-order chi connectivity index (χ1) is 16.0. The normalized spacial score (nSPS) is 17.9. The molecule has 176 valence electrons. The molecular formula is C28H32ClN3OSi. The van der Waals surface area contributed by atoms with Gasteiger partial charge >= 0.3 is 0 Å².